The Morgan fingerprint density at radius 1 is 1.17 bits per heavy atom. The normalized spacial score (nSPS) is 13.0. The van der Waals surface area contributed by atoms with E-state index in [1.807, 2.05) is 34.6 Å². The molecule has 0 fully saturated rings. The average molecular weight is 193 g/mol. The summed E-state index contributed by atoms with van der Waals surface area (Å²) in [7, 11) is 2.77. The van der Waals surface area contributed by atoms with Crippen molar-refractivity contribution in [2.45, 2.75) is 66.1 Å². The second-order valence-corrected chi connectivity index (χ2v) is 3.17. The lowest BCUT2D eigenvalue weighted by Crippen LogP contribution is -2.26. The minimum absolute atomic E-state index is 0.333. The predicted octanol–water partition coefficient (Wildman–Crippen LogP) is 3.43. The summed E-state index contributed by atoms with van der Waals surface area (Å²) in [6.45, 7) is 12.2. The fourth-order valence-corrected chi connectivity index (χ4v) is 0.930. The second-order valence-electron chi connectivity index (χ2n) is 2.31. The topological polar surface area (TPSA) is 26.0 Å². The van der Waals surface area contributed by atoms with Gasteiger partial charge in [0, 0.05) is 6.04 Å². The van der Waals surface area contributed by atoms with Crippen LogP contribution in [0.15, 0.2) is 0 Å². The number of nitrogens with two attached hydrogens (primary N) is 1. The molecule has 3 unspecified atom stereocenters. The molecule has 0 aliphatic carbocycles. The van der Waals surface area contributed by atoms with E-state index < -0.39 is 0 Å². The highest BCUT2D eigenvalue weighted by molar-refractivity contribution is 7.17. The highest BCUT2D eigenvalue weighted by Gasteiger charge is 2.03. The van der Waals surface area contributed by atoms with Crippen molar-refractivity contribution in [3.63, 3.8) is 0 Å². The fourth-order valence-electron chi connectivity index (χ4n) is 0.596. The first-order valence-corrected chi connectivity index (χ1v) is 5.86. The van der Waals surface area contributed by atoms with Crippen molar-refractivity contribution >= 4 is 9.24 Å². The Bertz CT molecular complexity index is 55.8. The zero-order valence-corrected chi connectivity index (χ0v) is 10.9. The number of hydrogen-bond acceptors (Lipinski definition) is 1. The van der Waals surface area contributed by atoms with Crippen molar-refractivity contribution in [2.75, 3.05) is 0 Å². The van der Waals surface area contributed by atoms with Gasteiger partial charge in [-0.2, -0.15) is 0 Å². The maximum absolute atomic E-state index is 5.60. The van der Waals surface area contributed by atoms with E-state index in [-0.39, 0.29) is 0 Å². The smallest absolute Gasteiger partial charge is 0.00733 e. The number of rotatable bonds is 3. The molecule has 0 radical (unpaired) electrons. The summed E-state index contributed by atoms with van der Waals surface area (Å²) in [5, 5.41) is 0. The molecule has 0 aromatic heterocycles. The van der Waals surface area contributed by atoms with Crippen LogP contribution in [0.5, 0.6) is 0 Å². The first-order valence-electron chi connectivity index (χ1n) is 5.19. The Hall–Kier alpha value is 0.390. The van der Waals surface area contributed by atoms with Crippen LogP contribution in [0.3, 0.4) is 0 Å². The summed E-state index contributed by atoms with van der Waals surface area (Å²) >= 11 is 0. The van der Waals surface area contributed by atoms with Crippen LogP contribution >= 0.6 is 9.24 Å². The van der Waals surface area contributed by atoms with Crippen LogP contribution in [0.4, 0.5) is 0 Å². The van der Waals surface area contributed by atoms with Gasteiger partial charge < -0.3 is 5.73 Å². The standard InChI is InChI=1S/C6H16NP.2C2H6/c1-3-4-6(8)5(2)7;2*1-2/h5-6H,3-4,7-8H2,1-2H3;2*1-2H3. The summed E-state index contributed by atoms with van der Waals surface area (Å²) in [5.41, 5.74) is 6.21. The van der Waals surface area contributed by atoms with Crippen LogP contribution in [-0.4, -0.2) is 11.7 Å². The van der Waals surface area contributed by atoms with Crippen LogP contribution in [-0.2, 0) is 0 Å². The average Bonchev–Trinajstić information content (AvgIpc) is 2.12. The molecule has 0 amide bonds. The zero-order valence-electron chi connectivity index (χ0n) is 9.72. The molecule has 78 valence electrons. The van der Waals surface area contributed by atoms with Crippen LogP contribution in [0.1, 0.15) is 54.4 Å². The van der Waals surface area contributed by atoms with Crippen molar-refractivity contribution in [2.24, 2.45) is 5.73 Å². The molecule has 12 heavy (non-hydrogen) atoms. The van der Waals surface area contributed by atoms with Crippen LogP contribution in [0.2, 0.25) is 0 Å². The molecule has 1 nitrogen and oxygen atoms in total. The summed E-state index contributed by atoms with van der Waals surface area (Å²) in [6.07, 6.45) is 2.46. The van der Waals surface area contributed by atoms with Gasteiger partial charge in [0.1, 0.15) is 0 Å². The lowest BCUT2D eigenvalue weighted by molar-refractivity contribution is 0.633. The molecule has 0 heterocycles. The molecule has 0 rings (SSSR count). The Morgan fingerprint density at radius 2 is 1.50 bits per heavy atom. The fraction of sp³-hybridized carbons (Fsp3) is 1.00. The summed E-state index contributed by atoms with van der Waals surface area (Å²) in [5.74, 6) is 0. The predicted molar refractivity (Wildman–Crippen MR) is 64.8 cm³/mol. The van der Waals surface area contributed by atoms with E-state index in [1.54, 1.807) is 0 Å². The van der Waals surface area contributed by atoms with E-state index >= 15 is 0 Å². The highest BCUT2D eigenvalue weighted by Crippen LogP contribution is 2.10. The first kappa shape index (κ1) is 18.2. The molecule has 0 aliphatic heterocycles. The van der Waals surface area contributed by atoms with Gasteiger partial charge in [0.15, 0.2) is 0 Å². The van der Waals surface area contributed by atoms with Crippen molar-refractivity contribution in [3.05, 3.63) is 0 Å². The Morgan fingerprint density at radius 3 is 1.58 bits per heavy atom. The lowest BCUT2D eigenvalue weighted by atomic mass is 10.1. The third-order valence-electron chi connectivity index (χ3n) is 1.30. The highest BCUT2D eigenvalue weighted by atomic mass is 31.0. The maximum Gasteiger partial charge on any atom is 0.00733 e. The Labute approximate surface area is 81.7 Å². The molecule has 0 bridgehead atoms. The van der Waals surface area contributed by atoms with Gasteiger partial charge in [0.05, 0.1) is 0 Å². The molecule has 0 aliphatic rings. The molecule has 2 N–H and O–H groups in total. The molecule has 2 heteroatoms. The molecule has 0 aromatic rings. The van der Waals surface area contributed by atoms with Crippen LogP contribution in [0.25, 0.3) is 0 Å². The molecular weight excluding hydrogens is 165 g/mol. The zero-order chi connectivity index (χ0) is 10.6. The van der Waals surface area contributed by atoms with E-state index in [2.05, 4.69) is 16.2 Å². The molecule has 0 saturated carbocycles. The Kier molecular flexibility index (Phi) is 26.5. The summed E-state index contributed by atoms with van der Waals surface area (Å²) in [4.78, 5) is 0. The van der Waals surface area contributed by atoms with E-state index in [0.29, 0.717) is 11.7 Å². The molecular formula is C10H28NP. The van der Waals surface area contributed by atoms with Crippen molar-refractivity contribution in [1.82, 2.24) is 0 Å². The number of hydrogen-bond donors (Lipinski definition) is 1. The van der Waals surface area contributed by atoms with Gasteiger partial charge in [-0.1, -0.05) is 41.0 Å². The van der Waals surface area contributed by atoms with Gasteiger partial charge >= 0.3 is 0 Å². The Balaban J connectivity index is -0.000000175. The van der Waals surface area contributed by atoms with Gasteiger partial charge in [-0.3, -0.25) is 0 Å². The lowest BCUT2D eigenvalue weighted by Gasteiger charge is -2.12. The molecule has 0 aromatic carbocycles. The van der Waals surface area contributed by atoms with Crippen LogP contribution in [0, 0.1) is 0 Å². The molecule has 3 atom stereocenters. The van der Waals surface area contributed by atoms with Crippen LogP contribution < -0.4 is 5.73 Å². The van der Waals surface area contributed by atoms with E-state index in [4.69, 9.17) is 5.73 Å². The minimum atomic E-state index is 0.333. The van der Waals surface area contributed by atoms with Gasteiger partial charge in [-0.05, 0) is 19.0 Å². The SMILES string of the molecule is CC.CC.CCCC(P)C(C)N. The molecule has 0 spiro atoms. The quantitative estimate of drug-likeness (QED) is 0.683. The first-order chi connectivity index (χ1) is 5.68. The van der Waals surface area contributed by atoms with Gasteiger partial charge in [0.2, 0.25) is 0 Å². The third-order valence-corrected chi connectivity index (χ3v) is 2.24. The van der Waals surface area contributed by atoms with E-state index in [1.165, 1.54) is 12.8 Å². The summed E-state index contributed by atoms with van der Waals surface area (Å²) < 4.78 is 0. The monoisotopic (exact) mass is 193 g/mol. The maximum atomic E-state index is 5.60. The van der Waals surface area contributed by atoms with E-state index in [9.17, 15) is 0 Å². The van der Waals surface area contributed by atoms with Gasteiger partial charge in [-0.25, -0.2) is 0 Å². The minimum Gasteiger partial charge on any atom is -0.327 e. The third kappa shape index (κ3) is 16.8. The van der Waals surface area contributed by atoms with Gasteiger partial charge in [0.25, 0.3) is 0 Å². The van der Waals surface area contributed by atoms with Crippen molar-refractivity contribution in [3.8, 4) is 0 Å². The van der Waals surface area contributed by atoms with Crippen molar-refractivity contribution < 1.29 is 0 Å². The second kappa shape index (κ2) is 17.5. The largest absolute Gasteiger partial charge is 0.327 e. The van der Waals surface area contributed by atoms with Gasteiger partial charge in [-0.15, -0.1) is 9.24 Å². The summed E-state index contributed by atoms with van der Waals surface area (Å²) in [6, 6.07) is 0.333. The molecule has 0 saturated heterocycles. The van der Waals surface area contributed by atoms with Crippen molar-refractivity contribution in [1.29, 1.82) is 0 Å². The van der Waals surface area contributed by atoms with E-state index in [0.717, 1.165) is 0 Å².